The van der Waals surface area contributed by atoms with E-state index < -0.39 is 0 Å². The van der Waals surface area contributed by atoms with Gasteiger partial charge in [-0.05, 0) is 26.7 Å². The molecule has 0 bridgehead atoms. The van der Waals surface area contributed by atoms with Crippen LogP contribution in [0.3, 0.4) is 0 Å². The van der Waals surface area contributed by atoms with Gasteiger partial charge in [-0.1, -0.05) is 0 Å². The molecule has 0 amide bonds. The lowest BCUT2D eigenvalue weighted by atomic mass is 9.93. The highest BCUT2D eigenvalue weighted by atomic mass is 16.5. The van der Waals surface area contributed by atoms with Crippen molar-refractivity contribution in [3.8, 4) is 0 Å². The number of nitrogens with two attached hydrogens (primary N) is 1. The molecule has 2 N–H and O–H groups in total. The molecule has 13 heavy (non-hydrogen) atoms. The molecule has 2 fully saturated rings. The van der Waals surface area contributed by atoms with Crippen molar-refractivity contribution in [2.45, 2.75) is 44.4 Å². The van der Waals surface area contributed by atoms with Gasteiger partial charge in [-0.3, -0.25) is 4.90 Å². The van der Waals surface area contributed by atoms with Gasteiger partial charge in [0.1, 0.15) is 0 Å². The standard InChI is InChI=1S/C10H20N2O/c1-8-3-4-9(13-8)5-12-6-10(2,11)7-12/h8-9H,3-7,11H2,1-2H3. The lowest BCUT2D eigenvalue weighted by Crippen LogP contribution is -2.66. The maximum absolute atomic E-state index is 5.93. The van der Waals surface area contributed by atoms with E-state index in [1.54, 1.807) is 0 Å². The number of nitrogens with zero attached hydrogens (tertiary/aromatic N) is 1. The molecule has 2 aliphatic heterocycles. The summed E-state index contributed by atoms with van der Waals surface area (Å²) < 4.78 is 5.75. The van der Waals surface area contributed by atoms with Gasteiger partial charge in [0, 0.05) is 25.2 Å². The Hall–Kier alpha value is -0.120. The summed E-state index contributed by atoms with van der Waals surface area (Å²) in [6, 6.07) is 0. The first-order chi connectivity index (χ1) is 6.05. The first-order valence-corrected chi connectivity index (χ1v) is 5.22. The molecule has 0 saturated carbocycles. The van der Waals surface area contributed by atoms with Crippen molar-refractivity contribution in [1.29, 1.82) is 0 Å². The van der Waals surface area contributed by atoms with Gasteiger partial charge in [-0.15, -0.1) is 0 Å². The molecule has 0 radical (unpaired) electrons. The molecular formula is C10H20N2O. The summed E-state index contributed by atoms with van der Waals surface area (Å²) in [6.45, 7) is 7.41. The summed E-state index contributed by atoms with van der Waals surface area (Å²) in [5.74, 6) is 0. The zero-order valence-electron chi connectivity index (χ0n) is 8.62. The Morgan fingerprint density at radius 3 is 2.62 bits per heavy atom. The molecule has 2 rings (SSSR count). The lowest BCUT2D eigenvalue weighted by Gasteiger charge is -2.46. The van der Waals surface area contributed by atoms with E-state index in [0.717, 1.165) is 19.6 Å². The molecule has 0 aromatic heterocycles. The van der Waals surface area contributed by atoms with Gasteiger partial charge in [-0.2, -0.15) is 0 Å². The third-order valence-corrected chi connectivity index (χ3v) is 2.95. The number of hydrogen-bond donors (Lipinski definition) is 1. The van der Waals surface area contributed by atoms with E-state index in [4.69, 9.17) is 10.5 Å². The van der Waals surface area contributed by atoms with Crippen molar-refractivity contribution >= 4 is 0 Å². The molecule has 2 aliphatic rings. The summed E-state index contributed by atoms with van der Waals surface area (Å²) in [5, 5.41) is 0. The molecule has 0 aromatic rings. The Bertz CT molecular complexity index is 185. The number of rotatable bonds is 2. The maximum atomic E-state index is 5.93. The van der Waals surface area contributed by atoms with Crippen molar-refractivity contribution in [3.63, 3.8) is 0 Å². The maximum Gasteiger partial charge on any atom is 0.0706 e. The SMILES string of the molecule is CC1CCC(CN2CC(C)(N)C2)O1. The van der Waals surface area contributed by atoms with Gasteiger partial charge in [-0.25, -0.2) is 0 Å². The van der Waals surface area contributed by atoms with Crippen LogP contribution in [0.25, 0.3) is 0 Å². The molecule has 0 aliphatic carbocycles. The zero-order valence-corrected chi connectivity index (χ0v) is 8.62. The molecule has 3 nitrogen and oxygen atoms in total. The third-order valence-electron chi connectivity index (χ3n) is 2.95. The van der Waals surface area contributed by atoms with Crippen molar-refractivity contribution < 1.29 is 4.74 Å². The molecule has 2 heterocycles. The molecule has 2 atom stereocenters. The van der Waals surface area contributed by atoms with Crippen LogP contribution in [0.2, 0.25) is 0 Å². The van der Waals surface area contributed by atoms with Crippen LogP contribution >= 0.6 is 0 Å². The predicted octanol–water partition coefficient (Wildman–Crippen LogP) is 0.587. The van der Waals surface area contributed by atoms with Gasteiger partial charge in [0.25, 0.3) is 0 Å². The lowest BCUT2D eigenvalue weighted by molar-refractivity contribution is -0.00454. The zero-order chi connectivity index (χ0) is 9.47. The first kappa shape index (κ1) is 9.44. The summed E-state index contributed by atoms with van der Waals surface area (Å²) in [7, 11) is 0. The van der Waals surface area contributed by atoms with Crippen LogP contribution in [-0.2, 0) is 4.74 Å². The normalized spacial score (nSPS) is 39.0. The predicted molar refractivity (Wildman–Crippen MR) is 52.6 cm³/mol. The summed E-state index contributed by atoms with van der Waals surface area (Å²) in [5.41, 5.74) is 5.99. The average Bonchev–Trinajstić information content (AvgIpc) is 2.31. The fraction of sp³-hybridized carbons (Fsp3) is 1.00. The number of likely N-dealkylation sites (tertiary alicyclic amines) is 1. The van der Waals surface area contributed by atoms with E-state index in [9.17, 15) is 0 Å². The van der Waals surface area contributed by atoms with E-state index in [-0.39, 0.29) is 5.54 Å². The van der Waals surface area contributed by atoms with Crippen LogP contribution in [0.1, 0.15) is 26.7 Å². The van der Waals surface area contributed by atoms with Crippen LogP contribution in [0.15, 0.2) is 0 Å². The summed E-state index contributed by atoms with van der Waals surface area (Å²) in [6.07, 6.45) is 3.37. The summed E-state index contributed by atoms with van der Waals surface area (Å²) >= 11 is 0. The van der Waals surface area contributed by atoms with Crippen LogP contribution in [0, 0.1) is 0 Å². The largest absolute Gasteiger partial charge is 0.374 e. The third kappa shape index (κ3) is 2.22. The van der Waals surface area contributed by atoms with Gasteiger partial charge in [0.2, 0.25) is 0 Å². The number of ether oxygens (including phenoxy) is 1. The van der Waals surface area contributed by atoms with Crippen molar-refractivity contribution in [3.05, 3.63) is 0 Å². The van der Waals surface area contributed by atoms with Crippen LogP contribution in [-0.4, -0.2) is 42.3 Å². The Balaban J connectivity index is 1.69. The second-order valence-corrected chi connectivity index (χ2v) is 4.97. The topological polar surface area (TPSA) is 38.5 Å². The Kier molecular flexibility index (Phi) is 2.34. The minimum atomic E-state index is 0.0597. The minimum absolute atomic E-state index is 0.0597. The van der Waals surface area contributed by atoms with E-state index in [1.807, 2.05) is 0 Å². The molecule has 0 aromatic carbocycles. The van der Waals surface area contributed by atoms with Crippen LogP contribution in [0.4, 0.5) is 0 Å². The Morgan fingerprint density at radius 1 is 1.46 bits per heavy atom. The van der Waals surface area contributed by atoms with Crippen LogP contribution < -0.4 is 5.73 Å². The van der Waals surface area contributed by atoms with E-state index in [2.05, 4.69) is 18.7 Å². The van der Waals surface area contributed by atoms with E-state index in [1.165, 1.54) is 12.8 Å². The van der Waals surface area contributed by atoms with E-state index >= 15 is 0 Å². The molecule has 2 unspecified atom stereocenters. The van der Waals surface area contributed by atoms with Crippen molar-refractivity contribution in [1.82, 2.24) is 4.90 Å². The molecular weight excluding hydrogens is 164 g/mol. The fourth-order valence-electron chi connectivity index (χ4n) is 2.41. The monoisotopic (exact) mass is 184 g/mol. The van der Waals surface area contributed by atoms with Gasteiger partial charge in [0.05, 0.1) is 12.2 Å². The molecule has 2 saturated heterocycles. The van der Waals surface area contributed by atoms with Crippen LogP contribution in [0.5, 0.6) is 0 Å². The van der Waals surface area contributed by atoms with Crippen molar-refractivity contribution in [2.24, 2.45) is 5.73 Å². The first-order valence-electron chi connectivity index (χ1n) is 5.22. The highest BCUT2D eigenvalue weighted by Gasteiger charge is 2.36. The fourth-order valence-corrected chi connectivity index (χ4v) is 2.41. The number of hydrogen-bond acceptors (Lipinski definition) is 3. The minimum Gasteiger partial charge on any atom is -0.374 e. The van der Waals surface area contributed by atoms with Gasteiger partial charge < -0.3 is 10.5 Å². The van der Waals surface area contributed by atoms with Gasteiger partial charge >= 0.3 is 0 Å². The molecule has 76 valence electrons. The second-order valence-electron chi connectivity index (χ2n) is 4.97. The Morgan fingerprint density at radius 2 is 2.15 bits per heavy atom. The summed E-state index contributed by atoms with van der Waals surface area (Å²) in [4.78, 5) is 2.39. The smallest absolute Gasteiger partial charge is 0.0706 e. The van der Waals surface area contributed by atoms with Crippen molar-refractivity contribution in [2.75, 3.05) is 19.6 Å². The molecule has 0 spiro atoms. The van der Waals surface area contributed by atoms with E-state index in [0.29, 0.717) is 12.2 Å². The quantitative estimate of drug-likeness (QED) is 0.682. The van der Waals surface area contributed by atoms with Gasteiger partial charge in [0.15, 0.2) is 0 Å². The highest BCUT2D eigenvalue weighted by Crippen LogP contribution is 2.23. The highest BCUT2D eigenvalue weighted by molar-refractivity contribution is 4.96. The second kappa shape index (κ2) is 3.23. The molecule has 3 heteroatoms. The Labute approximate surface area is 80.2 Å². The average molecular weight is 184 g/mol.